The molecule has 3 N–H and O–H groups in total. The van der Waals surface area contributed by atoms with Gasteiger partial charge in [-0.3, -0.25) is 14.5 Å². The van der Waals surface area contributed by atoms with E-state index in [0.29, 0.717) is 12.5 Å². The zero-order valence-electron chi connectivity index (χ0n) is 21.7. The van der Waals surface area contributed by atoms with Crippen LogP contribution >= 0.6 is 0 Å². The maximum atomic E-state index is 13.6. The Bertz CT molecular complexity index is 949. The fraction of sp³-hybridized carbons (Fsp3) is 0.667. The van der Waals surface area contributed by atoms with Crippen LogP contribution in [0.25, 0.3) is 0 Å². The molecular formula is C27H41N5O3. The van der Waals surface area contributed by atoms with Gasteiger partial charge in [-0.1, -0.05) is 36.8 Å². The average molecular weight is 484 g/mol. The van der Waals surface area contributed by atoms with Crippen LogP contribution < -0.4 is 11.1 Å². The maximum Gasteiger partial charge on any atom is 0.321 e. The molecule has 1 spiro atoms. The van der Waals surface area contributed by atoms with Crippen LogP contribution in [0.1, 0.15) is 64.4 Å². The molecule has 1 aliphatic heterocycles. The number of carbonyl (C=O) groups excluding carboxylic acids is 3. The zero-order chi connectivity index (χ0) is 25.4. The number of primary amides is 1. The molecule has 4 amide bonds. The van der Waals surface area contributed by atoms with Crippen molar-refractivity contribution in [2.75, 3.05) is 33.7 Å². The van der Waals surface area contributed by atoms with Crippen molar-refractivity contribution in [2.24, 2.45) is 11.7 Å². The Morgan fingerprint density at radius 2 is 1.74 bits per heavy atom. The molecule has 1 aromatic rings. The lowest BCUT2D eigenvalue weighted by atomic mass is 9.68. The molecule has 0 bridgehead atoms. The van der Waals surface area contributed by atoms with E-state index in [9.17, 15) is 14.4 Å². The predicted octanol–water partition coefficient (Wildman–Crippen LogP) is 2.67. The van der Waals surface area contributed by atoms with Crippen LogP contribution in [0.15, 0.2) is 30.3 Å². The van der Waals surface area contributed by atoms with Crippen LogP contribution in [0.5, 0.6) is 0 Å². The van der Waals surface area contributed by atoms with Gasteiger partial charge in [-0.05, 0) is 77.9 Å². The van der Waals surface area contributed by atoms with E-state index >= 15 is 0 Å². The number of nitrogens with zero attached hydrogens (tertiary/aromatic N) is 3. The lowest BCUT2D eigenvalue weighted by Crippen LogP contribution is -2.56. The highest BCUT2D eigenvalue weighted by atomic mass is 16.2. The Kier molecular flexibility index (Phi) is 6.88. The summed E-state index contributed by atoms with van der Waals surface area (Å²) >= 11 is 0. The summed E-state index contributed by atoms with van der Waals surface area (Å²) in [6, 6.07) is 10.6. The van der Waals surface area contributed by atoms with Gasteiger partial charge in [0, 0.05) is 18.6 Å². The van der Waals surface area contributed by atoms with Crippen molar-refractivity contribution in [3.63, 3.8) is 0 Å². The Morgan fingerprint density at radius 1 is 1.11 bits per heavy atom. The molecule has 1 heterocycles. The summed E-state index contributed by atoms with van der Waals surface area (Å²) in [6.45, 7) is 4.41. The molecule has 3 aliphatic rings. The molecule has 8 nitrogen and oxygen atoms in total. The van der Waals surface area contributed by atoms with Crippen molar-refractivity contribution in [2.45, 2.75) is 75.4 Å². The van der Waals surface area contributed by atoms with Gasteiger partial charge in [0.1, 0.15) is 12.1 Å². The minimum atomic E-state index is -1.16. The first kappa shape index (κ1) is 25.5. The van der Waals surface area contributed by atoms with Crippen LogP contribution in [0, 0.1) is 5.92 Å². The van der Waals surface area contributed by atoms with Crippen molar-refractivity contribution >= 4 is 17.8 Å². The molecule has 0 atom stereocenters. The van der Waals surface area contributed by atoms with E-state index in [2.05, 4.69) is 59.5 Å². The second-order valence-corrected chi connectivity index (χ2v) is 11.6. The Labute approximate surface area is 209 Å². The van der Waals surface area contributed by atoms with Gasteiger partial charge < -0.3 is 20.9 Å². The summed E-state index contributed by atoms with van der Waals surface area (Å²) in [7, 11) is 4.29. The molecule has 0 radical (unpaired) electrons. The highest BCUT2D eigenvalue weighted by molar-refractivity contribution is 5.92. The van der Waals surface area contributed by atoms with Crippen LogP contribution in [-0.2, 0) is 15.1 Å². The molecule has 35 heavy (non-hydrogen) atoms. The highest BCUT2D eigenvalue weighted by Gasteiger charge is 2.55. The number of rotatable bonds is 8. The van der Waals surface area contributed by atoms with Gasteiger partial charge in [0.25, 0.3) is 0 Å². The van der Waals surface area contributed by atoms with Crippen molar-refractivity contribution in [3.05, 3.63) is 35.9 Å². The first-order chi connectivity index (χ1) is 16.5. The summed E-state index contributed by atoms with van der Waals surface area (Å²) in [5, 5.41) is 2.69. The zero-order valence-corrected chi connectivity index (χ0v) is 21.7. The number of nitrogens with one attached hydrogen (secondary N) is 1. The maximum absolute atomic E-state index is 13.6. The third kappa shape index (κ3) is 4.77. The number of hydrogen-bond donors (Lipinski definition) is 2. The molecule has 1 saturated heterocycles. The summed E-state index contributed by atoms with van der Waals surface area (Å²) in [6.07, 6.45) is 7.25. The Balaban J connectivity index is 1.54. The number of amides is 4. The van der Waals surface area contributed by atoms with Crippen LogP contribution in [0.3, 0.4) is 0 Å². The Morgan fingerprint density at radius 3 is 2.26 bits per heavy atom. The number of nitrogens with two attached hydrogens (primary N) is 1. The third-order valence-electron chi connectivity index (χ3n) is 8.80. The minimum Gasteiger partial charge on any atom is -0.368 e. The highest BCUT2D eigenvalue weighted by Crippen LogP contribution is 2.49. The monoisotopic (exact) mass is 483 g/mol. The fourth-order valence-corrected chi connectivity index (χ4v) is 6.13. The SMILES string of the molecule is CN(C)C1(c2ccccc2)CCC2(CC1)CN(CC(=O)NC(C)(C)C(N)=O)C(=O)N2CC1CCC1. The smallest absolute Gasteiger partial charge is 0.321 e. The van der Waals surface area contributed by atoms with Crippen molar-refractivity contribution < 1.29 is 14.4 Å². The molecule has 3 fully saturated rings. The third-order valence-corrected chi connectivity index (χ3v) is 8.80. The number of hydrogen-bond acceptors (Lipinski definition) is 4. The summed E-state index contributed by atoms with van der Waals surface area (Å²) in [5.74, 6) is -0.409. The van der Waals surface area contributed by atoms with Gasteiger partial charge >= 0.3 is 6.03 Å². The van der Waals surface area contributed by atoms with Gasteiger partial charge in [0.2, 0.25) is 11.8 Å². The van der Waals surface area contributed by atoms with Gasteiger partial charge in [-0.15, -0.1) is 0 Å². The standard InChI is InChI=1S/C27H41N5O3/c1-25(2,23(28)34)29-22(33)18-31-19-26(32(24(31)35)17-20-9-8-10-20)13-15-27(16-14-26,30(3)4)21-11-6-5-7-12-21/h5-7,11-12,20H,8-10,13-19H2,1-4H3,(H2,28,34)(H,29,33). The van der Waals surface area contributed by atoms with E-state index in [0.717, 1.165) is 32.2 Å². The lowest BCUT2D eigenvalue weighted by molar-refractivity contribution is -0.130. The number of benzene rings is 1. The molecule has 192 valence electrons. The lowest BCUT2D eigenvalue weighted by Gasteiger charge is -2.51. The van der Waals surface area contributed by atoms with E-state index in [1.807, 2.05) is 0 Å². The van der Waals surface area contributed by atoms with E-state index in [4.69, 9.17) is 5.73 Å². The van der Waals surface area contributed by atoms with E-state index < -0.39 is 11.4 Å². The van der Waals surface area contributed by atoms with Crippen molar-refractivity contribution in [1.82, 2.24) is 20.0 Å². The number of urea groups is 1. The summed E-state index contributed by atoms with van der Waals surface area (Å²) in [4.78, 5) is 44.2. The molecule has 1 aromatic carbocycles. The predicted molar refractivity (Wildman–Crippen MR) is 135 cm³/mol. The topological polar surface area (TPSA) is 99.0 Å². The van der Waals surface area contributed by atoms with Crippen LogP contribution in [-0.4, -0.2) is 77.4 Å². The second-order valence-electron chi connectivity index (χ2n) is 11.6. The molecule has 4 rings (SSSR count). The molecule has 2 aliphatic carbocycles. The van der Waals surface area contributed by atoms with E-state index in [1.165, 1.54) is 24.8 Å². The normalized spacial score (nSPS) is 27.4. The summed E-state index contributed by atoms with van der Waals surface area (Å²) < 4.78 is 0. The molecule has 2 saturated carbocycles. The fourth-order valence-electron chi connectivity index (χ4n) is 6.13. The largest absolute Gasteiger partial charge is 0.368 e. The van der Waals surface area contributed by atoms with E-state index in [-0.39, 0.29) is 29.6 Å². The summed E-state index contributed by atoms with van der Waals surface area (Å²) in [5.41, 5.74) is 5.25. The van der Waals surface area contributed by atoms with Crippen molar-refractivity contribution in [3.8, 4) is 0 Å². The Hall–Kier alpha value is -2.61. The first-order valence-corrected chi connectivity index (χ1v) is 12.9. The minimum absolute atomic E-state index is 0.0546. The number of carbonyl (C=O) groups is 3. The van der Waals surface area contributed by atoms with Gasteiger partial charge in [0.05, 0.1) is 5.54 Å². The average Bonchev–Trinajstić information content (AvgIpc) is 3.01. The van der Waals surface area contributed by atoms with Crippen LogP contribution in [0.2, 0.25) is 0 Å². The molecule has 8 heteroatoms. The molecular weight excluding hydrogens is 442 g/mol. The van der Waals surface area contributed by atoms with Gasteiger partial charge in [-0.2, -0.15) is 0 Å². The van der Waals surface area contributed by atoms with Crippen molar-refractivity contribution in [1.29, 1.82) is 0 Å². The second kappa shape index (κ2) is 9.45. The van der Waals surface area contributed by atoms with E-state index in [1.54, 1.807) is 18.7 Å². The van der Waals surface area contributed by atoms with Gasteiger partial charge in [0.15, 0.2) is 0 Å². The molecule has 0 unspecified atom stereocenters. The quantitative estimate of drug-likeness (QED) is 0.594. The molecule has 0 aromatic heterocycles. The van der Waals surface area contributed by atoms with Crippen LogP contribution in [0.4, 0.5) is 4.79 Å². The first-order valence-electron chi connectivity index (χ1n) is 12.9. The van der Waals surface area contributed by atoms with Gasteiger partial charge in [-0.25, -0.2) is 4.79 Å².